The van der Waals surface area contributed by atoms with Crippen LogP contribution >= 0.6 is 0 Å². The summed E-state index contributed by atoms with van der Waals surface area (Å²) in [5.74, 6) is -1.87. The first-order valence-electron chi connectivity index (χ1n) is 13.9. The molecular weight excluding hydrogens is 548 g/mol. The minimum atomic E-state index is -2.08. The summed E-state index contributed by atoms with van der Waals surface area (Å²) in [6, 6.07) is 3.92. The van der Waals surface area contributed by atoms with Gasteiger partial charge >= 0.3 is 17.8 Å². The van der Waals surface area contributed by atoms with Crippen molar-refractivity contribution >= 4 is 30.0 Å². The number of esters is 2. The highest BCUT2D eigenvalue weighted by Gasteiger charge is 2.59. The topological polar surface area (TPSA) is 226 Å². The fourth-order valence-corrected chi connectivity index (χ4v) is 4.43. The van der Waals surface area contributed by atoms with Crippen molar-refractivity contribution in [3.63, 3.8) is 0 Å². The predicted octanol–water partition coefficient (Wildman–Crippen LogP) is -1.11. The van der Waals surface area contributed by atoms with Crippen LogP contribution in [0.4, 0.5) is 0 Å². The van der Waals surface area contributed by atoms with Crippen LogP contribution in [0.25, 0.3) is 0 Å². The number of amidine groups is 1. The van der Waals surface area contributed by atoms with Crippen molar-refractivity contribution in [3.05, 3.63) is 23.5 Å². The number of aromatic nitrogens is 1. The molecule has 0 aromatic carbocycles. The van der Waals surface area contributed by atoms with Gasteiger partial charge in [-0.1, -0.05) is 25.3 Å². The number of nitrogens with two attached hydrogens (primary N) is 2. The van der Waals surface area contributed by atoms with Crippen LogP contribution in [0.5, 0.6) is 0 Å². The van der Waals surface area contributed by atoms with Crippen molar-refractivity contribution in [2.45, 2.75) is 88.9 Å². The molecule has 0 unspecified atom stereocenters. The highest BCUT2D eigenvalue weighted by Crippen LogP contribution is 2.41. The fraction of sp³-hybridized carbons (Fsp3) is 0.643. The number of methoxy groups -OCH3 is 1. The van der Waals surface area contributed by atoms with Crippen LogP contribution in [0.15, 0.2) is 17.1 Å². The lowest BCUT2D eigenvalue weighted by atomic mass is 9.83. The quantitative estimate of drug-likeness (QED) is 0.118. The van der Waals surface area contributed by atoms with Gasteiger partial charge in [0, 0.05) is 13.5 Å². The number of hydrogen-bond acceptors (Lipinski definition) is 10. The molecule has 1 aromatic heterocycles. The second-order valence-corrected chi connectivity index (χ2v) is 11.4. The molecule has 1 saturated heterocycles. The van der Waals surface area contributed by atoms with E-state index in [1.165, 1.54) is 19.2 Å². The molecule has 3 rings (SSSR count). The van der Waals surface area contributed by atoms with E-state index >= 15 is 0 Å². The van der Waals surface area contributed by atoms with Crippen LogP contribution < -0.4 is 16.5 Å². The Kier molecular flexibility index (Phi) is 10.6. The summed E-state index contributed by atoms with van der Waals surface area (Å²) >= 11 is 0. The van der Waals surface area contributed by atoms with Gasteiger partial charge < -0.3 is 40.5 Å². The van der Waals surface area contributed by atoms with Gasteiger partial charge in [-0.05, 0) is 50.7 Å². The van der Waals surface area contributed by atoms with Gasteiger partial charge in [-0.2, -0.15) is 5.26 Å². The first-order chi connectivity index (χ1) is 19.8. The second kappa shape index (κ2) is 13.6. The maximum Gasteiger partial charge on any atom is 0.347 e. The summed E-state index contributed by atoms with van der Waals surface area (Å²) in [5.41, 5.74) is 8.47. The van der Waals surface area contributed by atoms with Crippen molar-refractivity contribution in [2.75, 3.05) is 13.7 Å². The molecule has 2 fully saturated rings. The molecule has 42 heavy (non-hydrogen) atoms. The average molecular weight is 590 g/mol. The SMILES string of the molecule is COC(C)(C)C(=O)N=C([NH+]=CN)c1ccc([C@]2(C#N)O[C@H](COC(=O)CC3CCC3)[C@@H](OC(=O)[C@H](N)C(C)C)[C@H]2O)[nH]1. The summed E-state index contributed by atoms with van der Waals surface area (Å²) in [6.45, 7) is 6.19. The summed E-state index contributed by atoms with van der Waals surface area (Å²) in [5, 5.41) is 21.7. The Morgan fingerprint density at radius 2 is 2.05 bits per heavy atom. The molecule has 2 heterocycles. The van der Waals surface area contributed by atoms with Gasteiger partial charge in [0.05, 0.1) is 5.69 Å². The van der Waals surface area contributed by atoms with E-state index in [1.807, 2.05) is 6.07 Å². The predicted molar refractivity (Wildman–Crippen MR) is 148 cm³/mol. The van der Waals surface area contributed by atoms with Gasteiger partial charge in [-0.3, -0.25) is 9.59 Å². The number of aliphatic hydroxyl groups excluding tert-OH is 1. The molecule has 7 N–H and O–H groups in total. The Morgan fingerprint density at radius 3 is 2.60 bits per heavy atom. The molecule has 1 amide bonds. The number of amides is 1. The molecule has 2 aliphatic rings. The first-order valence-corrected chi connectivity index (χ1v) is 13.9. The molecule has 14 heteroatoms. The van der Waals surface area contributed by atoms with Crippen molar-refractivity contribution < 1.29 is 43.4 Å². The summed E-state index contributed by atoms with van der Waals surface area (Å²) in [4.78, 5) is 47.5. The number of carbonyl (C=O) groups excluding carboxylic acids is 3. The van der Waals surface area contributed by atoms with E-state index in [9.17, 15) is 24.8 Å². The highest BCUT2D eigenvalue weighted by atomic mass is 16.6. The molecule has 1 aliphatic heterocycles. The Balaban J connectivity index is 1.93. The highest BCUT2D eigenvalue weighted by molar-refractivity contribution is 6.01. The van der Waals surface area contributed by atoms with Crippen molar-refractivity contribution in [2.24, 2.45) is 28.3 Å². The number of ether oxygens (including phenoxy) is 4. The maximum atomic E-state index is 12.8. The number of aliphatic hydroxyl groups is 1. The van der Waals surface area contributed by atoms with Crippen molar-refractivity contribution in [1.82, 2.24) is 4.98 Å². The van der Waals surface area contributed by atoms with E-state index in [-0.39, 0.29) is 42.1 Å². The molecule has 1 aliphatic carbocycles. The number of carbonyl (C=O) groups is 3. The minimum absolute atomic E-state index is 0.00631. The van der Waals surface area contributed by atoms with E-state index in [4.69, 9.17) is 30.4 Å². The second-order valence-electron chi connectivity index (χ2n) is 11.4. The summed E-state index contributed by atoms with van der Waals surface area (Å²) in [7, 11) is 1.37. The number of aromatic amines is 1. The van der Waals surface area contributed by atoms with E-state index in [1.54, 1.807) is 27.7 Å². The van der Waals surface area contributed by atoms with Gasteiger partial charge in [-0.25, -0.2) is 9.79 Å². The zero-order valence-electron chi connectivity index (χ0n) is 24.6. The summed E-state index contributed by atoms with van der Waals surface area (Å²) < 4.78 is 22.2. The van der Waals surface area contributed by atoms with Crippen molar-refractivity contribution in [1.29, 1.82) is 5.26 Å². The third-order valence-electron chi connectivity index (χ3n) is 7.73. The fourth-order valence-electron chi connectivity index (χ4n) is 4.43. The Labute approximate surface area is 244 Å². The zero-order valence-corrected chi connectivity index (χ0v) is 24.6. The lowest BCUT2D eigenvalue weighted by molar-refractivity contribution is -0.309. The Hall–Kier alpha value is -3.64. The Bertz CT molecular complexity index is 1250. The molecule has 230 valence electrons. The minimum Gasteiger partial charge on any atom is -0.463 e. The first kappa shape index (κ1) is 32.9. The average Bonchev–Trinajstić information content (AvgIpc) is 3.53. The molecule has 1 aromatic rings. The van der Waals surface area contributed by atoms with Gasteiger partial charge in [0.2, 0.25) is 5.60 Å². The number of rotatable bonds is 11. The number of nitrogens with zero attached hydrogens (tertiary/aromatic N) is 2. The van der Waals surface area contributed by atoms with Crippen LogP contribution in [-0.2, 0) is 38.9 Å². The number of hydrogen-bond donors (Lipinski definition) is 5. The third kappa shape index (κ3) is 7.04. The van der Waals surface area contributed by atoms with Crippen molar-refractivity contribution in [3.8, 4) is 6.07 Å². The summed E-state index contributed by atoms with van der Waals surface area (Å²) in [6.07, 6.45) is -0.0189. The van der Waals surface area contributed by atoms with Gasteiger partial charge in [-0.15, -0.1) is 0 Å². The zero-order chi connectivity index (χ0) is 31.2. The lowest BCUT2D eigenvalue weighted by Crippen LogP contribution is -2.76. The van der Waals surface area contributed by atoms with Crippen LogP contribution in [0.2, 0.25) is 0 Å². The van der Waals surface area contributed by atoms with Crippen LogP contribution in [-0.4, -0.2) is 83.8 Å². The molecular formula is C28H41N6O8+. The molecule has 0 spiro atoms. The maximum absolute atomic E-state index is 12.8. The van der Waals surface area contributed by atoms with Gasteiger partial charge in [0.15, 0.2) is 18.0 Å². The molecule has 14 nitrogen and oxygen atoms in total. The number of aliphatic imine (C=N–C) groups is 1. The monoisotopic (exact) mass is 589 g/mol. The van der Waals surface area contributed by atoms with E-state index in [0.29, 0.717) is 0 Å². The molecule has 5 atom stereocenters. The largest absolute Gasteiger partial charge is 0.463 e. The molecule has 0 radical (unpaired) electrons. The van der Waals surface area contributed by atoms with Gasteiger partial charge in [0.1, 0.15) is 36.6 Å². The van der Waals surface area contributed by atoms with Crippen LogP contribution in [0.3, 0.4) is 0 Å². The third-order valence-corrected chi connectivity index (χ3v) is 7.73. The number of H-pyrrole nitrogens is 1. The van der Waals surface area contributed by atoms with Gasteiger partial charge in [0.25, 0.3) is 5.84 Å². The Morgan fingerprint density at radius 1 is 1.36 bits per heavy atom. The standard InChI is InChI=1S/C28H40N6O8/c1-15(2)21(31)25(37)41-22-18(12-40-20(35)11-16-7-6-8-16)42-28(13-29,23(22)36)19-10-9-17(33-19)24(32-14-30)34-26(38)27(3,4)39-5/h9-10,14-16,18,21-23,33,36H,6-8,11-12,31H2,1-5H3,(H2,30,32,34,38)/p+1/t18-,21-,22-,23-,28+/m1/s1. The molecule has 1 saturated carbocycles. The molecule has 0 bridgehead atoms. The van der Waals surface area contributed by atoms with Crippen LogP contribution in [0, 0.1) is 23.2 Å². The van der Waals surface area contributed by atoms with Crippen LogP contribution in [0.1, 0.15) is 64.8 Å². The number of nitrogens with one attached hydrogen (secondary N) is 2. The lowest BCUT2D eigenvalue weighted by Gasteiger charge is -2.25. The normalized spacial score (nSPS) is 25.7. The van der Waals surface area contributed by atoms with E-state index in [0.717, 1.165) is 25.6 Å². The van der Waals surface area contributed by atoms with E-state index in [2.05, 4.69) is 15.0 Å². The number of nitriles is 1. The van der Waals surface area contributed by atoms with E-state index < -0.39 is 53.4 Å². The smallest absolute Gasteiger partial charge is 0.347 e.